The molecule has 2 aliphatic rings. The average molecular weight is 284 g/mol. The minimum Gasteiger partial charge on any atom is -0.508 e. The molecule has 3 rings (SSSR count). The van der Waals surface area contributed by atoms with Gasteiger partial charge < -0.3 is 15.3 Å². The van der Waals surface area contributed by atoms with Crippen LogP contribution in [0.25, 0.3) is 0 Å². The lowest BCUT2D eigenvalue weighted by atomic mass is 9.79. The van der Waals surface area contributed by atoms with Gasteiger partial charge in [-0.05, 0) is 29.5 Å². The first-order valence-corrected chi connectivity index (χ1v) is 6.87. The molecule has 0 bridgehead atoms. The van der Waals surface area contributed by atoms with Gasteiger partial charge in [0.2, 0.25) is 5.78 Å². The van der Waals surface area contributed by atoms with E-state index in [0.29, 0.717) is 17.6 Å². The second-order valence-electron chi connectivity index (χ2n) is 5.52. The lowest BCUT2D eigenvalue weighted by Gasteiger charge is -2.25. The smallest absolute Gasteiger partial charge is 0.231 e. The van der Waals surface area contributed by atoms with Crippen molar-refractivity contribution in [1.29, 1.82) is 0 Å². The summed E-state index contributed by atoms with van der Waals surface area (Å²) in [5.74, 6) is -1.08. The van der Waals surface area contributed by atoms with Crippen LogP contribution in [-0.4, -0.2) is 21.1 Å². The minimum atomic E-state index is -0.591. The maximum absolute atomic E-state index is 12.3. The van der Waals surface area contributed by atoms with E-state index in [-0.39, 0.29) is 28.7 Å². The average Bonchev–Trinajstić information content (AvgIpc) is 2.43. The van der Waals surface area contributed by atoms with Crippen LogP contribution in [0.4, 0.5) is 0 Å². The first kappa shape index (κ1) is 13.5. The fourth-order valence-corrected chi connectivity index (χ4v) is 2.98. The fraction of sp³-hybridized carbons (Fsp3) is 0.235. The van der Waals surface area contributed by atoms with Crippen LogP contribution >= 0.6 is 0 Å². The molecule has 0 radical (unpaired) electrons. The monoisotopic (exact) mass is 284 g/mol. The van der Waals surface area contributed by atoms with Gasteiger partial charge in [0.15, 0.2) is 5.76 Å². The van der Waals surface area contributed by atoms with E-state index in [0.717, 1.165) is 18.1 Å². The molecule has 0 saturated heterocycles. The third kappa shape index (κ3) is 2.13. The van der Waals surface area contributed by atoms with Crippen LogP contribution in [0.3, 0.4) is 0 Å². The number of aliphatic hydroxyl groups excluding tert-OH is 1. The summed E-state index contributed by atoms with van der Waals surface area (Å²) in [5, 5.41) is 29.7. The van der Waals surface area contributed by atoms with Gasteiger partial charge in [-0.1, -0.05) is 25.2 Å². The lowest BCUT2D eigenvalue weighted by Crippen LogP contribution is -2.20. The largest absolute Gasteiger partial charge is 0.508 e. The van der Waals surface area contributed by atoms with Gasteiger partial charge in [-0.25, -0.2) is 0 Å². The van der Waals surface area contributed by atoms with Gasteiger partial charge in [0.25, 0.3) is 0 Å². The molecule has 0 saturated carbocycles. The number of Topliss-reactive ketones (excluding diaryl/α,β-unsaturated/α-hetero) is 1. The summed E-state index contributed by atoms with van der Waals surface area (Å²) in [5.41, 5.74) is 2.12. The number of ketones is 1. The molecule has 0 fully saturated rings. The van der Waals surface area contributed by atoms with E-state index >= 15 is 0 Å². The first-order valence-electron chi connectivity index (χ1n) is 6.87. The van der Waals surface area contributed by atoms with Crippen molar-refractivity contribution in [3.05, 3.63) is 58.4 Å². The van der Waals surface area contributed by atoms with Crippen molar-refractivity contribution in [3.8, 4) is 11.5 Å². The number of allylic oxidation sites excluding steroid dienone is 6. The molecule has 2 aliphatic carbocycles. The van der Waals surface area contributed by atoms with E-state index in [9.17, 15) is 20.1 Å². The third-order valence-corrected chi connectivity index (χ3v) is 4.06. The fourth-order valence-electron chi connectivity index (χ4n) is 2.98. The zero-order valence-corrected chi connectivity index (χ0v) is 11.6. The standard InChI is InChI=1S/C17H16O4/c1-9-4-2-3-5-12(9)13-7-10-6-11(18)8-14(19)15(10)17(21)16(13)20/h2-3,5-6,8-9,18-20H,4,7H2,1H3. The Hall–Kier alpha value is -2.49. The number of hydrogen-bond donors (Lipinski definition) is 3. The van der Waals surface area contributed by atoms with Gasteiger partial charge in [0, 0.05) is 18.1 Å². The number of aliphatic hydroxyl groups is 1. The number of carbonyl (C=O) groups excluding carboxylic acids is 1. The van der Waals surface area contributed by atoms with E-state index in [4.69, 9.17) is 0 Å². The van der Waals surface area contributed by atoms with Crippen molar-refractivity contribution in [3.63, 3.8) is 0 Å². The van der Waals surface area contributed by atoms with Crippen molar-refractivity contribution in [2.75, 3.05) is 0 Å². The summed E-state index contributed by atoms with van der Waals surface area (Å²) < 4.78 is 0. The normalized spacial score (nSPS) is 21.3. The summed E-state index contributed by atoms with van der Waals surface area (Å²) in [6, 6.07) is 2.57. The second kappa shape index (κ2) is 4.81. The molecule has 1 atom stereocenters. The van der Waals surface area contributed by atoms with E-state index in [1.165, 1.54) is 6.07 Å². The molecule has 21 heavy (non-hydrogen) atoms. The molecule has 3 N–H and O–H groups in total. The minimum absolute atomic E-state index is 0.0775. The molecule has 0 amide bonds. The number of hydrogen-bond acceptors (Lipinski definition) is 4. The number of aromatic hydroxyl groups is 2. The predicted octanol–water partition coefficient (Wildman–Crippen LogP) is 3.17. The van der Waals surface area contributed by atoms with Crippen LogP contribution in [0.2, 0.25) is 0 Å². The number of rotatable bonds is 1. The Morgan fingerprint density at radius 1 is 1.19 bits per heavy atom. The molecule has 4 nitrogen and oxygen atoms in total. The van der Waals surface area contributed by atoms with Gasteiger partial charge in [-0.2, -0.15) is 0 Å². The Balaban J connectivity index is 2.13. The number of carbonyl (C=O) groups is 1. The first-order chi connectivity index (χ1) is 9.99. The lowest BCUT2D eigenvalue weighted by molar-refractivity contribution is 0.0967. The van der Waals surface area contributed by atoms with Crippen LogP contribution in [0.5, 0.6) is 11.5 Å². The summed E-state index contributed by atoms with van der Waals surface area (Å²) in [7, 11) is 0. The highest BCUT2D eigenvalue weighted by molar-refractivity contribution is 6.12. The molecule has 4 heteroatoms. The van der Waals surface area contributed by atoms with Crippen LogP contribution in [0.1, 0.15) is 29.3 Å². The summed E-state index contributed by atoms with van der Waals surface area (Å²) >= 11 is 0. The van der Waals surface area contributed by atoms with Gasteiger partial charge in [0.1, 0.15) is 11.5 Å². The van der Waals surface area contributed by atoms with Gasteiger partial charge in [0.05, 0.1) is 5.56 Å². The topological polar surface area (TPSA) is 77.8 Å². The van der Waals surface area contributed by atoms with Crippen molar-refractivity contribution < 1.29 is 20.1 Å². The Morgan fingerprint density at radius 3 is 2.67 bits per heavy atom. The number of benzene rings is 1. The number of phenolic OH excluding ortho intramolecular Hbond substituents is 2. The van der Waals surface area contributed by atoms with Crippen molar-refractivity contribution in [2.45, 2.75) is 19.8 Å². The van der Waals surface area contributed by atoms with E-state index in [2.05, 4.69) is 0 Å². The van der Waals surface area contributed by atoms with Crippen molar-refractivity contribution in [2.24, 2.45) is 5.92 Å². The molecular formula is C17H16O4. The summed E-state index contributed by atoms with van der Waals surface area (Å²) in [6.45, 7) is 2.04. The van der Waals surface area contributed by atoms with Crippen LogP contribution in [-0.2, 0) is 6.42 Å². The predicted molar refractivity (Wildman–Crippen MR) is 78.5 cm³/mol. The Morgan fingerprint density at radius 2 is 1.95 bits per heavy atom. The Kier molecular flexibility index (Phi) is 3.09. The van der Waals surface area contributed by atoms with Gasteiger partial charge in [-0.3, -0.25) is 4.79 Å². The highest BCUT2D eigenvalue weighted by atomic mass is 16.3. The molecular weight excluding hydrogens is 268 g/mol. The summed E-state index contributed by atoms with van der Waals surface area (Å²) in [4.78, 5) is 12.3. The number of phenols is 2. The van der Waals surface area contributed by atoms with Gasteiger partial charge >= 0.3 is 0 Å². The van der Waals surface area contributed by atoms with Crippen LogP contribution < -0.4 is 0 Å². The molecule has 0 heterocycles. The maximum atomic E-state index is 12.3. The Labute approximate surface area is 122 Å². The van der Waals surface area contributed by atoms with Crippen LogP contribution in [0.15, 0.2) is 47.3 Å². The molecule has 0 spiro atoms. The molecule has 1 aromatic rings. The molecule has 1 aromatic carbocycles. The van der Waals surface area contributed by atoms with E-state index < -0.39 is 5.78 Å². The van der Waals surface area contributed by atoms with E-state index in [1.54, 1.807) is 0 Å². The van der Waals surface area contributed by atoms with Crippen molar-refractivity contribution >= 4 is 5.78 Å². The second-order valence-corrected chi connectivity index (χ2v) is 5.52. The highest BCUT2D eigenvalue weighted by Gasteiger charge is 2.31. The van der Waals surface area contributed by atoms with Crippen LogP contribution in [0, 0.1) is 5.92 Å². The zero-order chi connectivity index (χ0) is 15.1. The quantitative estimate of drug-likeness (QED) is 0.740. The number of fused-ring (bicyclic) bond motifs is 1. The SMILES string of the molecule is CC1CC=CC=C1C1=C(O)C(=O)c2c(O)cc(O)cc2C1. The zero-order valence-electron chi connectivity index (χ0n) is 11.6. The maximum Gasteiger partial charge on any atom is 0.231 e. The molecule has 108 valence electrons. The molecule has 0 aromatic heterocycles. The molecule has 1 unspecified atom stereocenters. The summed E-state index contributed by atoms with van der Waals surface area (Å²) in [6.07, 6.45) is 7.03. The molecule has 0 aliphatic heterocycles. The Bertz CT molecular complexity index is 723. The highest BCUT2D eigenvalue weighted by Crippen LogP contribution is 2.39. The third-order valence-electron chi connectivity index (χ3n) is 4.06. The van der Waals surface area contributed by atoms with Gasteiger partial charge in [-0.15, -0.1) is 0 Å². The van der Waals surface area contributed by atoms with Crippen molar-refractivity contribution in [1.82, 2.24) is 0 Å². The van der Waals surface area contributed by atoms with E-state index in [1.807, 2.05) is 25.2 Å².